The molecule has 0 saturated carbocycles. The number of carbonyl (C=O) groups is 1. The maximum absolute atomic E-state index is 12.1. The van der Waals surface area contributed by atoms with Crippen LogP contribution < -0.4 is 10.6 Å². The van der Waals surface area contributed by atoms with E-state index in [1.165, 1.54) is 0 Å². The Morgan fingerprint density at radius 2 is 1.92 bits per heavy atom. The summed E-state index contributed by atoms with van der Waals surface area (Å²) >= 11 is 0. The van der Waals surface area contributed by atoms with Crippen LogP contribution in [0.5, 0.6) is 0 Å². The summed E-state index contributed by atoms with van der Waals surface area (Å²) in [5.41, 5.74) is 2.44. The zero-order chi connectivity index (χ0) is 17.5. The van der Waals surface area contributed by atoms with Crippen LogP contribution in [0.2, 0.25) is 0 Å². The van der Waals surface area contributed by atoms with Gasteiger partial charge in [0.1, 0.15) is 5.82 Å². The number of carbonyl (C=O) groups excluding carboxylic acids is 1. The summed E-state index contributed by atoms with van der Waals surface area (Å²) in [5, 5.41) is 19.2. The molecule has 0 aliphatic carbocycles. The molecule has 7 nitrogen and oxygen atoms in total. The molecule has 1 aromatic carbocycles. The van der Waals surface area contributed by atoms with Gasteiger partial charge in [-0.3, -0.25) is 10.3 Å². The van der Waals surface area contributed by atoms with Gasteiger partial charge in [0.15, 0.2) is 0 Å². The SMILES string of the molecule is O=C(NCc1ccccn1)Nc1cc(-c2ccccc2)nn1CCO. The third-order valence-corrected chi connectivity index (χ3v) is 3.56. The molecule has 0 saturated heterocycles. The zero-order valence-electron chi connectivity index (χ0n) is 13.6. The van der Waals surface area contributed by atoms with Crippen LogP contribution in [0.4, 0.5) is 10.6 Å². The number of nitrogens with zero attached hydrogens (tertiary/aromatic N) is 3. The molecule has 3 aromatic rings. The maximum Gasteiger partial charge on any atom is 0.320 e. The van der Waals surface area contributed by atoms with Crippen molar-refractivity contribution >= 4 is 11.8 Å². The van der Waals surface area contributed by atoms with Crippen molar-refractivity contribution in [2.75, 3.05) is 11.9 Å². The molecule has 0 atom stereocenters. The van der Waals surface area contributed by atoms with Crippen molar-refractivity contribution in [3.8, 4) is 11.3 Å². The number of urea groups is 1. The molecule has 0 unspecified atom stereocenters. The lowest BCUT2D eigenvalue weighted by molar-refractivity contribution is 0.250. The minimum absolute atomic E-state index is 0.0693. The lowest BCUT2D eigenvalue weighted by Crippen LogP contribution is -2.29. The van der Waals surface area contributed by atoms with Gasteiger partial charge >= 0.3 is 6.03 Å². The molecular weight excluding hydrogens is 318 g/mol. The van der Waals surface area contributed by atoms with Crippen LogP contribution in [0, 0.1) is 0 Å². The van der Waals surface area contributed by atoms with Gasteiger partial charge in [-0.05, 0) is 12.1 Å². The van der Waals surface area contributed by atoms with Gasteiger partial charge in [0.25, 0.3) is 0 Å². The van der Waals surface area contributed by atoms with Crippen molar-refractivity contribution < 1.29 is 9.90 Å². The Hall–Kier alpha value is -3.19. The Morgan fingerprint density at radius 1 is 1.12 bits per heavy atom. The van der Waals surface area contributed by atoms with E-state index in [0.29, 0.717) is 18.9 Å². The molecule has 0 spiro atoms. The normalized spacial score (nSPS) is 10.4. The molecule has 0 aliphatic heterocycles. The van der Waals surface area contributed by atoms with E-state index < -0.39 is 0 Å². The first-order valence-electron chi connectivity index (χ1n) is 7.95. The van der Waals surface area contributed by atoms with Gasteiger partial charge in [-0.15, -0.1) is 0 Å². The van der Waals surface area contributed by atoms with Crippen LogP contribution in [0.1, 0.15) is 5.69 Å². The molecule has 0 radical (unpaired) electrons. The number of amides is 2. The smallest absolute Gasteiger partial charge is 0.320 e. The minimum Gasteiger partial charge on any atom is -0.394 e. The Labute approximate surface area is 145 Å². The van der Waals surface area contributed by atoms with Gasteiger partial charge in [-0.1, -0.05) is 36.4 Å². The molecule has 3 rings (SSSR count). The summed E-state index contributed by atoms with van der Waals surface area (Å²) in [7, 11) is 0. The molecule has 2 aromatic heterocycles. The molecule has 128 valence electrons. The first-order chi connectivity index (χ1) is 12.3. The molecule has 25 heavy (non-hydrogen) atoms. The van der Waals surface area contributed by atoms with Crippen LogP contribution in [0.3, 0.4) is 0 Å². The second-order valence-corrected chi connectivity index (χ2v) is 5.36. The molecule has 0 aliphatic rings. The molecule has 0 fully saturated rings. The number of nitrogens with one attached hydrogen (secondary N) is 2. The van der Waals surface area contributed by atoms with Crippen molar-refractivity contribution in [1.29, 1.82) is 0 Å². The van der Waals surface area contributed by atoms with Gasteiger partial charge in [-0.2, -0.15) is 5.10 Å². The van der Waals surface area contributed by atoms with Crippen molar-refractivity contribution in [3.63, 3.8) is 0 Å². The van der Waals surface area contributed by atoms with E-state index in [-0.39, 0.29) is 12.6 Å². The van der Waals surface area contributed by atoms with Gasteiger partial charge in [-0.25, -0.2) is 9.48 Å². The Balaban J connectivity index is 1.70. The van der Waals surface area contributed by atoms with Crippen LogP contribution in [0.15, 0.2) is 60.8 Å². The van der Waals surface area contributed by atoms with Crippen LogP contribution in [0.25, 0.3) is 11.3 Å². The topological polar surface area (TPSA) is 92.1 Å². The fraction of sp³-hybridized carbons (Fsp3) is 0.167. The number of benzene rings is 1. The van der Waals surface area contributed by atoms with Gasteiger partial charge in [0.2, 0.25) is 0 Å². The summed E-state index contributed by atoms with van der Waals surface area (Å²) in [6.07, 6.45) is 1.68. The second-order valence-electron chi connectivity index (χ2n) is 5.36. The van der Waals surface area contributed by atoms with E-state index in [1.54, 1.807) is 16.9 Å². The highest BCUT2D eigenvalue weighted by molar-refractivity contribution is 5.89. The van der Waals surface area contributed by atoms with E-state index in [4.69, 9.17) is 0 Å². The summed E-state index contributed by atoms with van der Waals surface area (Å²) in [5.74, 6) is 0.520. The number of pyridine rings is 1. The van der Waals surface area contributed by atoms with Crippen molar-refractivity contribution in [3.05, 3.63) is 66.5 Å². The van der Waals surface area contributed by atoms with E-state index in [9.17, 15) is 9.90 Å². The highest BCUT2D eigenvalue weighted by atomic mass is 16.3. The quantitative estimate of drug-likeness (QED) is 0.643. The molecule has 7 heteroatoms. The number of hydrogen-bond donors (Lipinski definition) is 3. The lowest BCUT2D eigenvalue weighted by atomic mass is 10.2. The van der Waals surface area contributed by atoms with E-state index in [2.05, 4.69) is 20.7 Å². The van der Waals surface area contributed by atoms with Crippen molar-refractivity contribution in [2.24, 2.45) is 0 Å². The van der Waals surface area contributed by atoms with Crippen LogP contribution >= 0.6 is 0 Å². The zero-order valence-corrected chi connectivity index (χ0v) is 13.6. The first-order valence-corrected chi connectivity index (χ1v) is 7.95. The first kappa shape index (κ1) is 16.7. The Bertz CT molecular complexity index is 818. The van der Waals surface area contributed by atoms with Crippen molar-refractivity contribution in [1.82, 2.24) is 20.1 Å². The number of aliphatic hydroxyl groups is 1. The largest absolute Gasteiger partial charge is 0.394 e. The summed E-state index contributed by atoms with van der Waals surface area (Å²) in [6, 6.07) is 16.6. The lowest BCUT2D eigenvalue weighted by Gasteiger charge is -2.08. The monoisotopic (exact) mass is 337 g/mol. The average molecular weight is 337 g/mol. The molecule has 2 amide bonds. The van der Waals surface area contributed by atoms with Crippen LogP contribution in [-0.2, 0) is 13.1 Å². The number of rotatable bonds is 6. The number of aliphatic hydroxyl groups excluding tert-OH is 1. The standard InChI is InChI=1S/C18H19N5O2/c24-11-10-23-17(12-16(22-23)14-6-2-1-3-7-14)21-18(25)20-13-15-8-4-5-9-19-15/h1-9,12,24H,10-11,13H2,(H2,20,21,25). The van der Waals surface area contributed by atoms with Gasteiger partial charge in [0, 0.05) is 17.8 Å². The fourth-order valence-electron chi connectivity index (χ4n) is 2.37. The molecule has 0 bridgehead atoms. The number of anilines is 1. The Morgan fingerprint density at radius 3 is 2.64 bits per heavy atom. The molecular formula is C18H19N5O2. The summed E-state index contributed by atoms with van der Waals surface area (Å²) < 4.78 is 1.57. The highest BCUT2D eigenvalue weighted by Crippen LogP contribution is 2.21. The summed E-state index contributed by atoms with van der Waals surface area (Å²) in [6.45, 7) is 0.551. The fourth-order valence-corrected chi connectivity index (χ4v) is 2.37. The van der Waals surface area contributed by atoms with E-state index in [1.807, 2.05) is 48.5 Å². The average Bonchev–Trinajstić information content (AvgIpc) is 3.04. The number of hydrogen-bond acceptors (Lipinski definition) is 4. The van der Waals surface area contributed by atoms with Crippen molar-refractivity contribution in [2.45, 2.75) is 13.1 Å². The van der Waals surface area contributed by atoms with Gasteiger partial charge in [0.05, 0.1) is 31.1 Å². The number of aromatic nitrogens is 3. The third-order valence-electron chi connectivity index (χ3n) is 3.56. The minimum atomic E-state index is -0.357. The second kappa shape index (κ2) is 8.07. The summed E-state index contributed by atoms with van der Waals surface area (Å²) in [4.78, 5) is 16.3. The molecule has 2 heterocycles. The third kappa shape index (κ3) is 4.42. The Kier molecular flexibility index (Phi) is 5.38. The van der Waals surface area contributed by atoms with Crippen LogP contribution in [-0.4, -0.2) is 32.5 Å². The predicted molar refractivity (Wildman–Crippen MR) is 94.8 cm³/mol. The highest BCUT2D eigenvalue weighted by Gasteiger charge is 2.12. The predicted octanol–water partition coefficient (Wildman–Crippen LogP) is 2.26. The maximum atomic E-state index is 12.1. The van der Waals surface area contributed by atoms with E-state index >= 15 is 0 Å². The molecule has 3 N–H and O–H groups in total. The van der Waals surface area contributed by atoms with E-state index in [0.717, 1.165) is 17.0 Å². The van der Waals surface area contributed by atoms with Gasteiger partial charge < -0.3 is 10.4 Å².